The second-order valence-corrected chi connectivity index (χ2v) is 7.60. The van der Waals surface area contributed by atoms with Gasteiger partial charge in [-0.25, -0.2) is 4.99 Å². The Bertz CT molecular complexity index is 720. The highest BCUT2D eigenvalue weighted by atomic mass is 127. The Kier molecular flexibility index (Phi) is 10.7. The average molecular weight is 521 g/mol. The lowest BCUT2D eigenvalue weighted by Crippen LogP contribution is -2.40. The number of aliphatic imine (C=N–C) groups is 1. The molecule has 2 rings (SSSR count). The Morgan fingerprint density at radius 1 is 1.26 bits per heavy atom. The third-order valence-corrected chi connectivity index (χ3v) is 5.03. The van der Waals surface area contributed by atoms with Crippen LogP contribution < -0.4 is 10.6 Å². The van der Waals surface area contributed by atoms with E-state index >= 15 is 0 Å². The smallest absolute Gasteiger partial charge is 0.243 e. The number of nitrogens with zero attached hydrogens (tertiary/aromatic N) is 2. The maximum absolute atomic E-state index is 11.9. The predicted octanol–water partition coefficient (Wildman–Crippen LogP) is 3.95. The molecule has 0 bridgehead atoms. The first-order valence-corrected chi connectivity index (χ1v) is 9.74. The first-order valence-electron chi connectivity index (χ1n) is 8.48. The van der Waals surface area contributed by atoms with Gasteiger partial charge in [-0.1, -0.05) is 29.8 Å². The van der Waals surface area contributed by atoms with Gasteiger partial charge in [0.1, 0.15) is 6.54 Å². The van der Waals surface area contributed by atoms with E-state index < -0.39 is 0 Å². The van der Waals surface area contributed by atoms with Crippen molar-refractivity contribution in [3.05, 3.63) is 57.2 Å². The molecule has 1 amide bonds. The molecule has 0 saturated carbocycles. The zero-order valence-electron chi connectivity index (χ0n) is 15.7. The van der Waals surface area contributed by atoms with E-state index in [2.05, 4.69) is 27.1 Å². The van der Waals surface area contributed by atoms with Gasteiger partial charge >= 0.3 is 0 Å². The molecule has 1 aromatic heterocycles. The topological polar surface area (TPSA) is 56.7 Å². The fourth-order valence-corrected chi connectivity index (χ4v) is 3.07. The Morgan fingerprint density at radius 3 is 2.56 bits per heavy atom. The lowest BCUT2D eigenvalue weighted by Gasteiger charge is -2.19. The summed E-state index contributed by atoms with van der Waals surface area (Å²) in [7, 11) is 3.46. The molecule has 1 unspecified atom stereocenters. The molecule has 1 atom stereocenters. The molecular formula is C19H26ClIN4OS. The highest BCUT2D eigenvalue weighted by Crippen LogP contribution is 2.16. The van der Waals surface area contributed by atoms with Crippen molar-refractivity contribution in [1.29, 1.82) is 0 Å². The number of rotatable bonds is 7. The second kappa shape index (κ2) is 12.2. The number of hydrogen-bond donors (Lipinski definition) is 2. The predicted molar refractivity (Wildman–Crippen MR) is 125 cm³/mol. The average Bonchev–Trinajstić information content (AvgIpc) is 3.13. The third-order valence-electron chi connectivity index (χ3n) is 3.84. The summed E-state index contributed by atoms with van der Waals surface area (Å²) in [6.07, 6.45) is 0.912. The highest BCUT2D eigenvalue weighted by molar-refractivity contribution is 14.0. The molecule has 0 saturated heterocycles. The number of hydrogen-bond acceptors (Lipinski definition) is 3. The van der Waals surface area contributed by atoms with Crippen LogP contribution in [-0.4, -0.2) is 44.0 Å². The Labute approximate surface area is 187 Å². The van der Waals surface area contributed by atoms with Crippen LogP contribution in [0.4, 0.5) is 0 Å². The SMILES string of the molecule is CC(NC(=NCC(=O)N(C)C)NCCc1cccs1)c1ccc(Cl)cc1.I. The van der Waals surface area contributed by atoms with E-state index in [0.29, 0.717) is 11.0 Å². The van der Waals surface area contributed by atoms with Crippen LogP contribution in [0, 0.1) is 0 Å². The first kappa shape index (κ1) is 23.7. The van der Waals surface area contributed by atoms with Crippen LogP contribution in [0.25, 0.3) is 0 Å². The zero-order chi connectivity index (χ0) is 18.9. The van der Waals surface area contributed by atoms with Gasteiger partial charge < -0.3 is 15.5 Å². The van der Waals surface area contributed by atoms with Gasteiger partial charge in [0.05, 0.1) is 6.04 Å². The van der Waals surface area contributed by atoms with Crippen LogP contribution in [0.1, 0.15) is 23.4 Å². The van der Waals surface area contributed by atoms with Crippen LogP contribution in [0.15, 0.2) is 46.8 Å². The van der Waals surface area contributed by atoms with Crippen LogP contribution in [0.2, 0.25) is 5.02 Å². The van der Waals surface area contributed by atoms with Crippen LogP contribution in [0.3, 0.4) is 0 Å². The second-order valence-electron chi connectivity index (χ2n) is 6.13. The first-order chi connectivity index (χ1) is 12.5. The van der Waals surface area contributed by atoms with Crippen LogP contribution >= 0.6 is 46.9 Å². The van der Waals surface area contributed by atoms with Gasteiger partial charge in [-0.05, 0) is 42.5 Å². The van der Waals surface area contributed by atoms with Gasteiger partial charge in [0.25, 0.3) is 0 Å². The summed E-state index contributed by atoms with van der Waals surface area (Å²) in [5.41, 5.74) is 1.10. The van der Waals surface area contributed by atoms with E-state index in [4.69, 9.17) is 11.6 Å². The van der Waals surface area contributed by atoms with Gasteiger partial charge in [-0.15, -0.1) is 35.3 Å². The van der Waals surface area contributed by atoms with E-state index in [9.17, 15) is 4.79 Å². The molecule has 1 heterocycles. The maximum Gasteiger partial charge on any atom is 0.243 e. The minimum atomic E-state index is -0.0384. The van der Waals surface area contributed by atoms with E-state index in [-0.39, 0.29) is 42.5 Å². The molecule has 27 heavy (non-hydrogen) atoms. The number of carbonyl (C=O) groups is 1. The lowest BCUT2D eigenvalue weighted by molar-refractivity contribution is -0.127. The van der Waals surface area contributed by atoms with E-state index in [1.807, 2.05) is 37.3 Å². The molecule has 0 spiro atoms. The maximum atomic E-state index is 11.9. The molecule has 8 heteroatoms. The van der Waals surface area contributed by atoms with Crippen molar-refractivity contribution in [2.75, 3.05) is 27.2 Å². The summed E-state index contributed by atoms with van der Waals surface area (Å²) >= 11 is 7.69. The summed E-state index contributed by atoms with van der Waals surface area (Å²) in [6.45, 7) is 2.90. The van der Waals surface area contributed by atoms with E-state index in [1.165, 1.54) is 9.78 Å². The molecule has 2 N–H and O–H groups in total. The lowest BCUT2D eigenvalue weighted by atomic mass is 10.1. The molecule has 5 nitrogen and oxygen atoms in total. The van der Waals surface area contributed by atoms with Crippen molar-refractivity contribution >= 4 is 58.8 Å². The van der Waals surface area contributed by atoms with Crippen molar-refractivity contribution in [3.63, 3.8) is 0 Å². The van der Waals surface area contributed by atoms with Gasteiger partial charge in [-0.3, -0.25) is 4.79 Å². The van der Waals surface area contributed by atoms with Crippen molar-refractivity contribution in [3.8, 4) is 0 Å². The molecule has 0 fully saturated rings. The Morgan fingerprint density at radius 2 is 1.96 bits per heavy atom. The van der Waals surface area contributed by atoms with Crippen LogP contribution in [-0.2, 0) is 11.2 Å². The molecule has 0 aliphatic carbocycles. The molecule has 0 aliphatic heterocycles. The van der Waals surface area contributed by atoms with Crippen molar-refractivity contribution in [1.82, 2.24) is 15.5 Å². The summed E-state index contributed by atoms with van der Waals surface area (Å²) in [6, 6.07) is 11.9. The van der Waals surface area contributed by atoms with E-state index in [1.54, 1.807) is 25.4 Å². The number of halogens is 2. The standard InChI is InChI=1S/C19H25ClN4OS.HI/c1-14(15-6-8-16(20)9-7-15)23-19(22-13-18(25)24(2)3)21-11-10-17-5-4-12-26-17;/h4-9,12,14H,10-11,13H2,1-3H3,(H2,21,22,23);1H. The van der Waals surface area contributed by atoms with Gasteiger partial charge in [0.2, 0.25) is 5.91 Å². The molecule has 0 radical (unpaired) electrons. The number of likely N-dealkylation sites (N-methyl/N-ethyl adjacent to an activating group) is 1. The summed E-state index contributed by atoms with van der Waals surface area (Å²) < 4.78 is 0. The normalized spacial score (nSPS) is 12.1. The monoisotopic (exact) mass is 520 g/mol. The number of amides is 1. The quantitative estimate of drug-likeness (QED) is 0.330. The van der Waals surface area contributed by atoms with Gasteiger partial charge in [0, 0.05) is 30.5 Å². The number of thiophene rings is 1. The van der Waals surface area contributed by atoms with Crippen LogP contribution in [0.5, 0.6) is 0 Å². The number of guanidine groups is 1. The molecule has 148 valence electrons. The minimum Gasteiger partial charge on any atom is -0.356 e. The molecule has 2 aromatic rings. The summed E-state index contributed by atoms with van der Waals surface area (Å²) in [5.74, 6) is 0.586. The Hall–Kier alpha value is -1.32. The highest BCUT2D eigenvalue weighted by Gasteiger charge is 2.10. The summed E-state index contributed by atoms with van der Waals surface area (Å²) in [5, 5.41) is 9.45. The fourth-order valence-electron chi connectivity index (χ4n) is 2.24. The summed E-state index contributed by atoms with van der Waals surface area (Å²) in [4.78, 5) is 19.1. The van der Waals surface area contributed by atoms with Gasteiger partial charge in [0.15, 0.2) is 5.96 Å². The Balaban J connectivity index is 0.00000364. The number of nitrogens with one attached hydrogen (secondary N) is 2. The number of benzene rings is 1. The molecular weight excluding hydrogens is 495 g/mol. The largest absolute Gasteiger partial charge is 0.356 e. The zero-order valence-corrected chi connectivity index (χ0v) is 19.6. The fraction of sp³-hybridized carbons (Fsp3) is 0.368. The third kappa shape index (κ3) is 8.49. The van der Waals surface area contributed by atoms with Crippen molar-refractivity contribution in [2.45, 2.75) is 19.4 Å². The number of carbonyl (C=O) groups excluding carboxylic acids is 1. The van der Waals surface area contributed by atoms with Crippen molar-refractivity contribution < 1.29 is 4.79 Å². The minimum absolute atomic E-state index is 0. The van der Waals surface area contributed by atoms with Gasteiger partial charge in [-0.2, -0.15) is 0 Å². The van der Waals surface area contributed by atoms with E-state index in [0.717, 1.165) is 18.5 Å². The molecule has 0 aliphatic rings. The van der Waals surface area contributed by atoms with Crippen molar-refractivity contribution in [2.24, 2.45) is 4.99 Å². The molecule has 1 aromatic carbocycles.